The normalized spacial score (nSPS) is 11.2. The van der Waals surface area contributed by atoms with Gasteiger partial charge in [0, 0.05) is 0 Å². The molecule has 0 radical (unpaired) electrons. The van der Waals surface area contributed by atoms with E-state index in [4.69, 9.17) is 5.11 Å². The van der Waals surface area contributed by atoms with E-state index in [1.165, 1.54) is 0 Å². The first-order chi connectivity index (χ1) is 6.79. The number of alkyl halides is 3. The van der Waals surface area contributed by atoms with Crippen LogP contribution in [-0.4, -0.2) is 22.4 Å². The predicted molar refractivity (Wildman–Crippen MR) is 45.6 cm³/mol. The number of aromatic nitrogens is 1. The van der Waals surface area contributed by atoms with Crippen molar-refractivity contribution in [1.82, 2.24) is 4.98 Å². The van der Waals surface area contributed by atoms with Gasteiger partial charge in [0.25, 0.3) is 0 Å². The Bertz CT molecular complexity index is 394. The average molecular weight is 286 g/mol. The predicted octanol–water partition coefficient (Wildman–Crippen LogP) is 2.44. The molecule has 8 heteroatoms. The third-order valence-corrected chi connectivity index (χ3v) is 1.83. The van der Waals surface area contributed by atoms with E-state index in [0.29, 0.717) is 0 Å². The maximum atomic E-state index is 11.8. The van der Waals surface area contributed by atoms with Crippen LogP contribution >= 0.6 is 15.9 Å². The molecular formula is C7H3BrF3NO3. The number of aromatic carboxylic acids is 1. The highest BCUT2D eigenvalue weighted by Gasteiger charge is 2.32. The third-order valence-electron chi connectivity index (χ3n) is 1.26. The number of carbonyl (C=O) groups is 1. The lowest BCUT2D eigenvalue weighted by Gasteiger charge is -2.09. The quantitative estimate of drug-likeness (QED) is 0.848. The number of halogens is 4. The number of pyridine rings is 1. The Balaban J connectivity index is 2.99. The van der Waals surface area contributed by atoms with Crippen LogP contribution in [-0.2, 0) is 0 Å². The van der Waals surface area contributed by atoms with Crippen LogP contribution in [0.15, 0.2) is 16.7 Å². The molecule has 0 aliphatic carbocycles. The number of carboxylic acids is 1. The Morgan fingerprint density at radius 2 is 2.07 bits per heavy atom. The summed E-state index contributed by atoms with van der Waals surface area (Å²) in [4.78, 5) is 13.8. The van der Waals surface area contributed by atoms with Crippen LogP contribution in [0.1, 0.15) is 10.5 Å². The van der Waals surface area contributed by atoms with E-state index in [1.807, 2.05) is 0 Å². The number of rotatable bonds is 2. The monoisotopic (exact) mass is 285 g/mol. The Kier molecular flexibility index (Phi) is 3.18. The maximum absolute atomic E-state index is 11.8. The van der Waals surface area contributed by atoms with Gasteiger partial charge in [-0.2, -0.15) is 0 Å². The fraction of sp³-hybridized carbons (Fsp3) is 0.143. The van der Waals surface area contributed by atoms with Crippen molar-refractivity contribution in [3.63, 3.8) is 0 Å². The molecule has 1 N–H and O–H groups in total. The van der Waals surface area contributed by atoms with Crippen LogP contribution < -0.4 is 4.74 Å². The van der Waals surface area contributed by atoms with Gasteiger partial charge < -0.3 is 9.84 Å². The van der Waals surface area contributed by atoms with Crippen molar-refractivity contribution in [2.75, 3.05) is 0 Å². The SMILES string of the molecule is O=C(O)c1ccc(OC(F)(F)F)c(Br)n1. The zero-order valence-corrected chi connectivity index (χ0v) is 8.46. The molecule has 0 aliphatic rings. The molecule has 82 valence electrons. The molecule has 0 atom stereocenters. The summed E-state index contributed by atoms with van der Waals surface area (Å²) in [6.07, 6.45) is -4.84. The number of carboxylic acid groups (broad SMARTS) is 1. The van der Waals surface area contributed by atoms with Gasteiger partial charge in [0.2, 0.25) is 0 Å². The molecule has 15 heavy (non-hydrogen) atoms. The first kappa shape index (κ1) is 11.8. The molecular weight excluding hydrogens is 283 g/mol. The van der Waals surface area contributed by atoms with Gasteiger partial charge in [-0.15, -0.1) is 13.2 Å². The summed E-state index contributed by atoms with van der Waals surface area (Å²) >= 11 is 2.67. The van der Waals surface area contributed by atoms with E-state index < -0.39 is 18.1 Å². The molecule has 0 bridgehead atoms. The first-order valence-corrected chi connectivity index (χ1v) is 4.24. The molecule has 0 amide bonds. The molecule has 0 fully saturated rings. The molecule has 1 rings (SSSR count). The molecule has 1 aromatic rings. The van der Waals surface area contributed by atoms with E-state index >= 15 is 0 Å². The van der Waals surface area contributed by atoms with Crippen molar-refractivity contribution < 1.29 is 27.8 Å². The summed E-state index contributed by atoms with van der Waals surface area (Å²) in [6, 6.07) is 1.78. The van der Waals surface area contributed by atoms with Crippen molar-refractivity contribution in [2.45, 2.75) is 6.36 Å². The van der Waals surface area contributed by atoms with Gasteiger partial charge in [-0.05, 0) is 28.1 Å². The van der Waals surface area contributed by atoms with Crippen LogP contribution in [0.2, 0.25) is 0 Å². The number of hydrogen-bond donors (Lipinski definition) is 1. The van der Waals surface area contributed by atoms with Gasteiger partial charge in [0.15, 0.2) is 5.75 Å². The molecule has 4 nitrogen and oxygen atoms in total. The first-order valence-electron chi connectivity index (χ1n) is 3.45. The van der Waals surface area contributed by atoms with Crippen LogP contribution in [0, 0.1) is 0 Å². The molecule has 0 saturated heterocycles. The smallest absolute Gasteiger partial charge is 0.477 e. The topological polar surface area (TPSA) is 59.4 Å². The minimum absolute atomic E-state index is 0.320. The van der Waals surface area contributed by atoms with Gasteiger partial charge in [0.1, 0.15) is 10.3 Å². The second-order valence-electron chi connectivity index (χ2n) is 2.34. The van der Waals surface area contributed by atoms with Crippen molar-refractivity contribution in [1.29, 1.82) is 0 Å². The maximum Gasteiger partial charge on any atom is 0.573 e. The molecule has 1 aromatic heterocycles. The second kappa shape index (κ2) is 4.05. The lowest BCUT2D eigenvalue weighted by Crippen LogP contribution is -2.18. The highest BCUT2D eigenvalue weighted by atomic mass is 79.9. The second-order valence-corrected chi connectivity index (χ2v) is 3.09. The Hall–Kier alpha value is -1.31. The van der Waals surface area contributed by atoms with Gasteiger partial charge in [0.05, 0.1) is 0 Å². The number of ether oxygens (including phenoxy) is 1. The summed E-state index contributed by atoms with van der Waals surface area (Å²) in [5, 5.41) is 8.49. The van der Waals surface area contributed by atoms with Gasteiger partial charge >= 0.3 is 12.3 Å². The standard InChI is InChI=1S/C7H3BrF3NO3/c8-5-4(15-7(9,10)11)2-1-3(12-5)6(13)14/h1-2H,(H,13,14). The number of nitrogens with zero attached hydrogens (tertiary/aromatic N) is 1. The van der Waals surface area contributed by atoms with E-state index in [2.05, 4.69) is 25.7 Å². The summed E-state index contributed by atoms with van der Waals surface area (Å²) in [5.74, 6) is -1.93. The van der Waals surface area contributed by atoms with Crippen LogP contribution in [0.4, 0.5) is 13.2 Å². The Morgan fingerprint density at radius 1 is 1.47 bits per heavy atom. The van der Waals surface area contributed by atoms with Crippen LogP contribution in [0.3, 0.4) is 0 Å². The van der Waals surface area contributed by atoms with E-state index in [-0.39, 0.29) is 10.3 Å². The van der Waals surface area contributed by atoms with Crippen molar-refractivity contribution >= 4 is 21.9 Å². The lowest BCUT2D eigenvalue weighted by atomic mass is 10.3. The van der Waals surface area contributed by atoms with Crippen molar-refractivity contribution in [2.24, 2.45) is 0 Å². The zero-order chi connectivity index (χ0) is 11.6. The molecule has 0 aliphatic heterocycles. The van der Waals surface area contributed by atoms with E-state index in [9.17, 15) is 18.0 Å². The average Bonchev–Trinajstić information content (AvgIpc) is 2.05. The highest BCUT2D eigenvalue weighted by molar-refractivity contribution is 9.10. The molecule has 0 aromatic carbocycles. The summed E-state index contributed by atoms with van der Waals surface area (Å²) in [6.45, 7) is 0. The summed E-state index contributed by atoms with van der Waals surface area (Å²) in [7, 11) is 0. The van der Waals surface area contributed by atoms with E-state index in [0.717, 1.165) is 12.1 Å². The Labute approximate surface area is 89.8 Å². The third kappa shape index (κ3) is 3.39. The molecule has 0 unspecified atom stereocenters. The van der Waals surface area contributed by atoms with Crippen LogP contribution in [0.25, 0.3) is 0 Å². The van der Waals surface area contributed by atoms with Crippen LogP contribution in [0.5, 0.6) is 5.75 Å². The minimum Gasteiger partial charge on any atom is -0.477 e. The fourth-order valence-electron chi connectivity index (χ4n) is 0.741. The summed E-state index contributed by atoms with van der Waals surface area (Å²) in [5.41, 5.74) is -0.378. The zero-order valence-electron chi connectivity index (χ0n) is 6.88. The largest absolute Gasteiger partial charge is 0.573 e. The van der Waals surface area contributed by atoms with Gasteiger partial charge in [-0.3, -0.25) is 0 Å². The van der Waals surface area contributed by atoms with Gasteiger partial charge in [-0.1, -0.05) is 0 Å². The minimum atomic E-state index is -4.84. The lowest BCUT2D eigenvalue weighted by molar-refractivity contribution is -0.275. The number of hydrogen-bond acceptors (Lipinski definition) is 3. The van der Waals surface area contributed by atoms with E-state index in [1.54, 1.807) is 0 Å². The van der Waals surface area contributed by atoms with Gasteiger partial charge in [-0.25, -0.2) is 9.78 Å². The highest BCUT2D eigenvalue weighted by Crippen LogP contribution is 2.28. The molecule has 1 heterocycles. The molecule has 0 spiro atoms. The van der Waals surface area contributed by atoms with Crippen molar-refractivity contribution in [3.8, 4) is 5.75 Å². The van der Waals surface area contributed by atoms with Crippen molar-refractivity contribution in [3.05, 3.63) is 22.4 Å². The fourth-order valence-corrected chi connectivity index (χ4v) is 1.15. The molecule has 0 saturated carbocycles. The Morgan fingerprint density at radius 3 is 2.47 bits per heavy atom. The summed E-state index contributed by atoms with van der Waals surface area (Å²) < 4.78 is 38.6.